The van der Waals surface area contributed by atoms with Gasteiger partial charge in [-0.05, 0) is 43.8 Å². The fourth-order valence-corrected chi connectivity index (χ4v) is 4.77. The van der Waals surface area contributed by atoms with E-state index in [0.717, 1.165) is 32.7 Å². The van der Waals surface area contributed by atoms with E-state index in [4.69, 9.17) is 0 Å². The van der Waals surface area contributed by atoms with Gasteiger partial charge in [0.25, 0.3) is 0 Å². The average Bonchev–Trinajstić information content (AvgIpc) is 2.60. The monoisotopic (exact) mass is 380 g/mol. The highest BCUT2D eigenvalue weighted by Crippen LogP contribution is 2.23. The van der Waals surface area contributed by atoms with Crippen molar-refractivity contribution >= 4 is 21.6 Å². The van der Waals surface area contributed by atoms with Crippen LogP contribution >= 0.6 is 0 Å². The van der Waals surface area contributed by atoms with Crippen LogP contribution in [0.3, 0.4) is 0 Å². The van der Waals surface area contributed by atoms with Gasteiger partial charge in [-0.25, -0.2) is 8.42 Å². The molecule has 1 aromatic rings. The summed E-state index contributed by atoms with van der Waals surface area (Å²) in [6.45, 7) is 9.13. The molecule has 0 radical (unpaired) electrons. The molecule has 2 aliphatic heterocycles. The number of benzene rings is 1. The summed E-state index contributed by atoms with van der Waals surface area (Å²) in [6, 6.07) is 6.57. The van der Waals surface area contributed by atoms with Crippen LogP contribution in [-0.4, -0.2) is 69.3 Å². The Morgan fingerprint density at radius 1 is 1.27 bits per heavy atom. The fourth-order valence-electron chi connectivity index (χ4n) is 3.30. The number of nitrogens with zero attached hydrogens (tertiary/aromatic N) is 2. The van der Waals surface area contributed by atoms with Gasteiger partial charge < -0.3 is 15.5 Å². The topological polar surface area (TPSA) is 81.8 Å². The number of hydrogen-bond acceptors (Lipinski definition) is 5. The summed E-state index contributed by atoms with van der Waals surface area (Å²) < 4.78 is 27.3. The Morgan fingerprint density at radius 2 is 1.96 bits per heavy atom. The second-order valence-corrected chi connectivity index (χ2v) is 9.00. The Hall–Kier alpha value is -1.48. The van der Waals surface area contributed by atoms with Crippen molar-refractivity contribution in [2.45, 2.75) is 18.7 Å². The molecule has 8 heteroatoms. The summed E-state index contributed by atoms with van der Waals surface area (Å²) >= 11 is 0. The van der Waals surface area contributed by atoms with Crippen LogP contribution in [0.5, 0.6) is 0 Å². The predicted octanol–water partition coefficient (Wildman–Crippen LogP) is 0.807. The number of nitrogens with one attached hydrogen (secondary N) is 2. The zero-order chi connectivity index (χ0) is 18.7. The van der Waals surface area contributed by atoms with Gasteiger partial charge in [-0.2, -0.15) is 4.31 Å². The van der Waals surface area contributed by atoms with E-state index in [9.17, 15) is 13.2 Å². The van der Waals surface area contributed by atoms with Crippen molar-refractivity contribution in [3.8, 4) is 0 Å². The lowest BCUT2D eigenvalue weighted by atomic mass is 9.88. The maximum Gasteiger partial charge on any atom is 0.243 e. The number of carbonyl (C=O) groups is 1. The molecule has 2 N–H and O–H groups in total. The SMILES string of the molecule is CCN1CCN(S(=O)(=O)c2cccc(NC(=O)C(C)C3CNC3)c2)CC1. The van der Waals surface area contributed by atoms with E-state index in [1.807, 2.05) is 6.92 Å². The fraction of sp³-hybridized carbons (Fsp3) is 0.611. The van der Waals surface area contributed by atoms with Crippen molar-refractivity contribution in [2.24, 2.45) is 11.8 Å². The minimum absolute atomic E-state index is 0.0670. The predicted molar refractivity (Wildman–Crippen MR) is 101 cm³/mol. The molecule has 26 heavy (non-hydrogen) atoms. The van der Waals surface area contributed by atoms with Crippen LogP contribution in [0.1, 0.15) is 13.8 Å². The number of sulfonamides is 1. The van der Waals surface area contributed by atoms with Crippen molar-refractivity contribution in [2.75, 3.05) is 51.1 Å². The number of likely N-dealkylation sites (N-methyl/N-ethyl adjacent to an activating group) is 1. The van der Waals surface area contributed by atoms with Crippen LogP contribution in [0.25, 0.3) is 0 Å². The van der Waals surface area contributed by atoms with Crippen LogP contribution in [0, 0.1) is 11.8 Å². The first-order valence-corrected chi connectivity index (χ1v) is 10.7. The molecule has 2 saturated heterocycles. The summed E-state index contributed by atoms with van der Waals surface area (Å²) in [5, 5.41) is 6.03. The first-order chi connectivity index (χ1) is 12.4. The Bertz CT molecular complexity index is 741. The van der Waals surface area contributed by atoms with Crippen molar-refractivity contribution in [1.29, 1.82) is 0 Å². The number of anilines is 1. The van der Waals surface area contributed by atoms with Crippen molar-refractivity contribution in [3.05, 3.63) is 24.3 Å². The summed E-state index contributed by atoms with van der Waals surface area (Å²) in [4.78, 5) is 14.8. The first-order valence-electron chi connectivity index (χ1n) is 9.26. The van der Waals surface area contributed by atoms with E-state index in [-0.39, 0.29) is 16.7 Å². The molecule has 2 aliphatic rings. The lowest BCUT2D eigenvalue weighted by Gasteiger charge is -2.33. The molecule has 1 atom stereocenters. The minimum Gasteiger partial charge on any atom is -0.326 e. The minimum atomic E-state index is -3.54. The highest BCUT2D eigenvalue weighted by molar-refractivity contribution is 7.89. The number of hydrogen-bond donors (Lipinski definition) is 2. The van der Waals surface area contributed by atoms with Gasteiger partial charge in [-0.3, -0.25) is 4.79 Å². The van der Waals surface area contributed by atoms with E-state index in [1.165, 1.54) is 4.31 Å². The summed E-state index contributed by atoms with van der Waals surface area (Å²) in [5.74, 6) is 0.179. The molecule has 0 saturated carbocycles. The Balaban J connectivity index is 1.69. The molecule has 2 heterocycles. The lowest BCUT2D eigenvalue weighted by Crippen LogP contribution is -2.48. The van der Waals surface area contributed by atoms with Crippen LogP contribution in [0.15, 0.2) is 29.2 Å². The highest BCUT2D eigenvalue weighted by Gasteiger charge is 2.30. The molecule has 0 aliphatic carbocycles. The van der Waals surface area contributed by atoms with E-state index < -0.39 is 10.0 Å². The molecule has 1 amide bonds. The van der Waals surface area contributed by atoms with Gasteiger partial charge >= 0.3 is 0 Å². The van der Waals surface area contributed by atoms with Gasteiger partial charge in [0.1, 0.15) is 0 Å². The molecular formula is C18H28N4O3S. The third-order valence-corrected chi connectivity index (χ3v) is 7.35. The zero-order valence-electron chi connectivity index (χ0n) is 15.4. The molecule has 1 unspecified atom stereocenters. The van der Waals surface area contributed by atoms with Crippen LogP contribution in [0.2, 0.25) is 0 Å². The molecule has 1 aromatic carbocycles. The summed E-state index contributed by atoms with van der Waals surface area (Å²) in [6.07, 6.45) is 0. The second-order valence-electron chi connectivity index (χ2n) is 7.06. The smallest absolute Gasteiger partial charge is 0.243 e. The molecular weight excluding hydrogens is 352 g/mol. The molecule has 7 nitrogen and oxygen atoms in total. The Labute approximate surface area is 155 Å². The van der Waals surface area contributed by atoms with Crippen molar-refractivity contribution in [1.82, 2.24) is 14.5 Å². The van der Waals surface area contributed by atoms with Gasteiger partial charge in [0.15, 0.2) is 0 Å². The van der Waals surface area contributed by atoms with E-state index >= 15 is 0 Å². The molecule has 3 rings (SSSR count). The van der Waals surface area contributed by atoms with E-state index in [1.54, 1.807) is 24.3 Å². The molecule has 0 bridgehead atoms. The maximum atomic E-state index is 12.9. The van der Waals surface area contributed by atoms with Crippen LogP contribution < -0.4 is 10.6 Å². The third kappa shape index (κ3) is 4.09. The second kappa shape index (κ2) is 8.04. The van der Waals surface area contributed by atoms with Gasteiger partial charge in [0.05, 0.1) is 4.90 Å². The van der Waals surface area contributed by atoms with Gasteiger partial charge in [-0.15, -0.1) is 0 Å². The number of rotatable bonds is 6. The quantitative estimate of drug-likeness (QED) is 0.763. The molecule has 2 fully saturated rings. The number of carbonyl (C=O) groups excluding carboxylic acids is 1. The molecule has 144 valence electrons. The molecule has 0 spiro atoms. The first kappa shape index (κ1) is 19.3. The van der Waals surface area contributed by atoms with Gasteiger partial charge in [0, 0.05) is 37.8 Å². The van der Waals surface area contributed by atoms with Gasteiger partial charge in [0.2, 0.25) is 15.9 Å². The average molecular weight is 381 g/mol. The Kier molecular flexibility index (Phi) is 5.96. The van der Waals surface area contributed by atoms with Crippen LogP contribution in [0.4, 0.5) is 5.69 Å². The maximum absolute atomic E-state index is 12.9. The number of amides is 1. The highest BCUT2D eigenvalue weighted by atomic mass is 32.2. The largest absolute Gasteiger partial charge is 0.326 e. The lowest BCUT2D eigenvalue weighted by molar-refractivity contribution is -0.121. The Morgan fingerprint density at radius 3 is 2.54 bits per heavy atom. The van der Waals surface area contributed by atoms with E-state index in [0.29, 0.717) is 24.7 Å². The normalized spacial score (nSPS) is 21.2. The van der Waals surface area contributed by atoms with Crippen molar-refractivity contribution in [3.63, 3.8) is 0 Å². The third-order valence-electron chi connectivity index (χ3n) is 5.45. The van der Waals surface area contributed by atoms with E-state index in [2.05, 4.69) is 22.5 Å². The summed E-state index contributed by atoms with van der Waals surface area (Å²) in [7, 11) is -3.54. The standard InChI is InChI=1S/C18H28N4O3S/c1-3-21-7-9-22(10-8-21)26(24,25)17-6-4-5-16(11-17)20-18(23)14(2)15-12-19-13-15/h4-6,11,14-15,19H,3,7-10,12-13H2,1-2H3,(H,20,23). The van der Waals surface area contributed by atoms with Crippen LogP contribution in [-0.2, 0) is 14.8 Å². The zero-order valence-corrected chi connectivity index (χ0v) is 16.3. The van der Waals surface area contributed by atoms with Gasteiger partial charge in [-0.1, -0.05) is 19.9 Å². The summed E-state index contributed by atoms with van der Waals surface area (Å²) in [5.41, 5.74) is 0.530. The van der Waals surface area contributed by atoms with Crippen molar-refractivity contribution < 1.29 is 13.2 Å². The molecule has 0 aromatic heterocycles. The number of piperazine rings is 1.